The second kappa shape index (κ2) is 3.02. The molecule has 0 aromatic heterocycles. The van der Waals surface area contributed by atoms with Crippen molar-refractivity contribution in [3.8, 4) is 0 Å². The Morgan fingerprint density at radius 2 is 1.73 bits per heavy atom. The molecule has 66 valence electrons. The smallest absolute Gasteiger partial charge is 0.183 e. The van der Waals surface area contributed by atoms with Crippen molar-refractivity contribution >= 4 is 0 Å². The maximum atomic E-state index is 12.7. The van der Waals surface area contributed by atoms with Gasteiger partial charge in [0, 0.05) is 0 Å². The molecule has 5 heteroatoms. The molecule has 11 heavy (non-hydrogen) atoms. The maximum Gasteiger partial charge on any atom is 0.183 e. The fourth-order valence-corrected chi connectivity index (χ4v) is 1.01. The predicted octanol–water partition coefficient (Wildman–Crippen LogP) is -1.22. The number of hydrogen-bond donors (Lipinski definition) is 3. The van der Waals surface area contributed by atoms with E-state index in [1.54, 1.807) is 0 Å². The van der Waals surface area contributed by atoms with Crippen molar-refractivity contribution in [1.82, 2.24) is 0 Å². The maximum absolute atomic E-state index is 12.7. The van der Waals surface area contributed by atoms with Crippen LogP contribution in [0.1, 0.15) is 6.92 Å². The van der Waals surface area contributed by atoms with Crippen LogP contribution >= 0.6 is 0 Å². The molecule has 1 fully saturated rings. The van der Waals surface area contributed by atoms with Gasteiger partial charge in [-0.05, 0) is 6.92 Å². The number of ether oxygens (including phenoxy) is 1. The molecule has 1 aliphatic heterocycles. The quantitative estimate of drug-likeness (QED) is 0.422. The Bertz CT molecular complexity index is 129. The van der Waals surface area contributed by atoms with Crippen molar-refractivity contribution < 1.29 is 24.4 Å². The molecular formula is C6H11FO4. The molecule has 0 aliphatic carbocycles. The lowest BCUT2D eigenvalue weighted by atomic mass is 10.0. The minimum Gasteiger partial charge on any atom is -0.387 e. The van der Waals surface area contributed by atoms with Crippen LogP contribution in [0.5, 0.6) is 0 Å². The van der Waals surface area contributed by atoms with E-state index in [1.807, 2.05) is 0 Å². The second-order valence-corrected chi connectivity index (χ2v) is 2.66. The summed E-state index contributed by atoms with van der Waals surface area (Å²) in [6.07, 6.45) is -7.14. The molecule has 0 amide bonds. The van der Waals surface area contributed by atoms with Crippen molar-refractivity contribution in [3.63, 3.8) is 0 Å². The van der Waals surface area contributed by atoms with Crippen LogP contribution in [0.2, 0.25) is 0 Å². The van der Waals surface area contributed by atoms with Crippen LogP contribution in [0.4, 0.5) is 4.39 Å². The van der Waals surface area contributed by atoms with Crippen LogP contribution in [0, 0.1) is 0 Å². The lowest BCUT2D eigenvalue weighted by Crippen LogP contribution is -2.54. The lowest BCUT2D eigenvalue weighted by molar-refractivity contribution is -0.265. The standard InChI is InChI=1S/C6H11FO4/c1-2-3(7)4(8)5(9)6(10)11-2/h2-6,8-10H,1H3. The predicted molar refractivity (Wildman–Crippen MR) is 33.5 cm³/mol. The molecular weight excluding hydrogens is 155 g/mol. The highest BCUT2D eigenvalue weighted by atomic mass is 19.1. The second-order valence-electron chi connectivity index (χ2n) is 2.66. The zero-order valence-corrected chi connectivity index (χ0v) is 6.01. The number of halogens is 1. The summed E-state index contributed by atoms with van der Waals surface area (Å²) in [6, 6.07) is 0. The number of rotatable bonds is 0. The third kappa shape index (κ3) is 1.51. The molecule has 1 heterocycles. The lowest BCUT2D eigenvalue weighted by Gasteiger charge is -2.35. The third-order valence-corrected chi connectivity index (χ3v) is 1.77. The Morgan fingerprint density at radius 1 is 1.18 bits per heavy atom. The Labute approximate surface area is 63.2 Å². The zero-order valence-electron chi connectivity index (χ0n) is 6.01. The van der Waals surface area contributed by atoms with Gasteiger partial charge in [0.25, 0.3) is 0 Å². The molecule has 4 nitrogen and oxygen atoms in total. The van der Waals surface area contributed by atoms with Gasteiger partial charge in [-0.2, -0.15) is 0 Å². The van der Waals surface area contributed by atoms with Gasteiger partial charge >= 0.3 is 0 Å². The van der Waals surface area contributed by atoms with E-state index < -0.39 is 30.8 Å². The highest BCUT2D eigenvalue weighted by Crippen LogP contribution is 2.21. The molecule has 1 aliphatic rings. The molecule has 5 atom stereocenters. The van der Waals surface area contributed by atoms with E-state index in [9.17, 15) is 4.39 Å². The molecule has 0 spiro atoms. The molecule has 1 rings (SSSR count). The van der Waals surface area contributed by atoms with Crippen LogP contribution in [0.15, 0.2) is 0 Å². The van der Waals surface area contributed by atoms with Gasteiger partial charge in [0.1, 0.15) is 12.2 Å². The van der Waals surface area contributed by atoms with Crippen molar-refractivity contribution in [3.05, 3.63) is 0 Å². The van der Waals surface area contributed by atoms with E-state index in [1.165, 1.54) is 6.92 Å². The van der Waals surface area contributed by atoms with Gasteiger partial charge in [-0.3, -0.25) is 0 Å². The summed E-state index contributed by atoms with van der Waals surface area (Å²) in [6.45, 7) is 1.38. The first-order valence-electron chi connectivity index (χ1n) is 3.37. The van der Waals surface area contributed by atoms with Gasteiger partial charge in [0.2, 0.25) is 0 Å². The van der Waals surface area contributed by atoms with Crippen molar-refractivity contribution in [2.45, 2.75) is 37.7 Å². The fourth-order valence-electron chi connectivity index (χ4n) is 1.01. The summed E-state index contributed by atoms with van der Waals surface area (Å²) in [4.78, 5) is 0. The summed E-state index contributed by atoms with van der Waals surface area (Å²) in [5.74, 6) is 0. The normalized spacial score (nSPS) is 52.6. The van der Waals surface area contributed by atoms with Gasteiger partial charge in [-0.1, -0.05) is 0 Å². The Morgan fingerprint density at radius 3 is 2.27 bits per heavy atom. The van der Waals surface area contributed by atoms with Gasteiger partial charge in [-0.25, -0.2) is 4.39 Å². The first-order valence-corrected chi connectivity index (χ1v) is 3.37. The Kier molecular flexibility index (Phi) is 2.43. The van der Waals surface area contributed by atoms with Gasteiger partial charge in [-0.15, -0.1) is 0 Å². The highest BCUT2D eigenvalue weighted by molar-refractivity contribution is 4.86. The monoisotopic (exact) mass is 166 g/mol. The molecule has 0 aromatic carbocycles. The minimum atomic E-state index is -1.65. The molecule has 0 bridgehead atoms. The van der Waals surface area contributed by atoms with E-state index in [2.05, 4.69) is 4.74 Å². The molecule has 0 aromatic rings. The van der Waals surface area contributed by atoms with Crippen molar-refractivity contribution in [2.75, 3.05) is 0 Å². The number of hydrogen-bond acceptors (Lipinski definition) is 4. The summed E-state index contributed by atoms with van der Waals surface area (Å²) < 4.78 is 17.3. The van der Waals surface area contributed by atoms with E-state index in [0.717, 1.165) is 0 Å². The van der Waals surface area contributed by atoms with E-state index >= 15 is 0 Å². The van der Waals surface area contributed by atoms with E-state index in [0.29, 0.717) is 0 Å². The number of alkyl halides is 1. The third-order valence-electron chi connectivity index (χ3n) is 1.77. The average molecular weight is 166 g/mol. The topological polar surface area (TPSA) is 69.9 Å². The fraction of sp³-hybridized carbons (Fsp3) is 1.00. The molecule has 0 saturated carbocycles. The minimum absolute atomic E-state index is 0.886. The first-order chi connectivity index (χ1) is 5.04. The van der Waals surface area contributed by atoms with Crippen LogP contribution in [0.3, 0.4) is 0 Å². The number of aliphatic hydroxyl groups excluding tert-OH is 3. The average Bonchev–Trinajstić information content (AvgIpc) is 1.97. The van der Waals surface area contributed by atoms with Crippen LogP contribution in [-0.2, 0) is 4.74 Å². The van der Waals surface area contributed by atoms with Crippen LogP contribution in [-0.4, -0.2) is 46.1 Å². The summed E-state index contributed by atoms with van der Waals surface area (Å²) in [7, 11) is 0. The van der Waals surface area contributed by atoms with Crippen LogP contribution < -0.4 is 0 Å². The van der Waals surface area contributed by atoms with Gasteiger partial charge in [0.15, 0.2) is 12.5 Å². The first kappa shape index (κ1) is 8.86. The molecule has 3 N–H and O–H groups in total. The summed E-state index contributed by atoms with van der Waals surface area (Å²) >= 11 is 0. The van der Waals surface area contributed by atoms with Gasteiger partial charge < -0.3 is 20.1 Å². The van der Waals surface area contributed by atoms with E-state index in [4.69, 9.17) is 15.3 Å². The van der Waals surface area contributed by atoms with Crippen LogP contribution in [0.25, 0.3) is 0 Å². The van der Waals surface area contributed by atoms with Gasteiger partial charge in [0.05, 0.1) is 6.10 Å². The molecule has 0 radical (unpaired) electrons. The highest BCUT2D eigenvalue weighted by Gasteiger charge is 2.41. The zero-order chi connectivity index (χ0) is 8.59. The molecule has 5 unspecified atom stereocenters. The van der Waals surface area contributed by atoms with Crippen molar-refractivity contribution in [1.29, 1.82) is 0 Å². The summed E-state index contributed by atoms with van der Waals surface area (Å²) in [5.41, 5.74) is 0. The number of aliphatic hydroxyl groups is 3. The van der Waals surface area contributed by atoms with E-state index in [-0.39, 0.29) is 0 Å². The Hall–Kier alpha value is -0.230. The largest absolute Gasteiger partial charge is 0.387 e. The SMILES string of the molecule is CC1OC(O)C(O)C(O)C1F. The molecule has 1 saturated heterocycles. The summed E-state index contributed by atoms with van der Waals surface area (Å²) in [5, 5.41) is 26.6. The Balaban J connectivity index is 2.63. The van der Waals surface area contributed by atoms with Crippen molar-refractivity contribution in [2.24, 2.45) is 0 Å².